The Balaban J connectivity index is 2.63. The third-order valence-electron chi connectivity index (χ3n) is 2.93. The van der Waals surface area contributed by atoms with Crippen molar-refractivity contribution in [3.8, 4) is 0 Å². The monoisotopic (exact) mass is 244 g/mol. The van der Waals surface area contributed by atoms with Crippen molar-refractivity contribution in [2.24, 2.45) is 0 Å². The van der Waals surface area contributed by atoms with Crippen molar-refractivity contribution < 1.29 is 22.8 Å². The van der Waals surface area contributed by atoms with Crippen molar-refractivity contribution >= 4 is 12.6 Å². The second kappa shape index (κ2) is 4.03. The highest BCUT2D eigenvalue weighted by atomic mass is 19.4. The first-order valence-corrected chi connectivity index (χ1v) is 5.34. The predicted molar refractivity (Wildman–Crippen MR) is 57.9 cm³/mol. The van der Waals surface area contributed by atoms with Gasteiger partial charge in [0.2, 0.25) is 0 Å². The maximum atomic E-state index is 12.9. The van der Waals surface area contributed by atoms with Gasteiger partial charge in [0, 0.05) is 0 Å². The first kappa shape index (κ1) is 12.5. The Morgan fingerprint density at radius 1 is 1.35 bits per heavy atom. The number of hydrogen-bond acceptors (Lipinski definition) is 2. The normalized spacial score (nSPS) is 15.6. The topological polar surface area (TPSA) is 29.5 Å². The van der Waals surface area contributed by atoms with E-state index < -0.39 is 18.9 Å². The molecule has 0 aromatic heterocycles. The summed E-state index contributed by atoms with van der Waals surface area (Å²) in [6, 6.07) is 2.73. The Morgan fingerprint density at radius 3 is 2.53 bits per heavy atom. The lowest BCUT2D eigenvalue weighted by Gasteiger charge is -2.15. The zero-order valence-electron chi connectivity index (χ0n) is 9.51. The van der Waals surface area contributed by atoms with E-state index in [1.807, 2.05) is 13.8 Å². The van der Waals surface area contributed by atoms with E-state index in [1.54, 1.807) is 6.07 Å². The minimum Gasteiger partial charge on any atom is -0.423 e. The largest absolute Gasteiger partial charge is 0.491 e. The van der Waals surface area contributed by atoms with E-state index in [4.69, 9.17) is 4.65 Å². The lowest BCUT2D eigenvalue weighted by molar-refractivity contribution is -0.138. The summed E-state index contributed by atoms with van der Waals surface area (Å²) in [7, 11) is -1.25. The van der Waals surface area contributed by atoms with Crippen LogP contribution >= 0.6 is 0 Å². The third kappa shape index (κ3) is 2.19. The molecule has 1 heterocycles. The van der Waals surface area contributed by atoms with Crippen LogP contribution in [0.25, 0.3) is 0 Å². The lowest BCUT2D eigenvalue weighted by atomic mass is 9.76. The van der Waals surface area contributed by atoms with Gasteiger partial charge in [-0.2, -0.15) is 13.2 Å². The number of benzene rings is 1. The van der Waals surface area contributed by atoms with Gasteiger partial charge in [-0.25, -0.2) is 0 Å². The fourth-order valence-corrected chi connectivity index (χ4v) is 1.94. The lowest BCUT2D eigenvalue weighted by Crippen LogP contribution is -2.30. The van der Waals surface area contributed by atoms with E-state index in [9.17, 15) is 18.2 Å². The second-order valence-corrected chi connectivity index (χ2v) is 4.45. The highest BCUT2D eigenvalue weighted by Crippen LogP contribution is 2.35. The van der Waals surface area contributed by atoms with Crippen LogP contribution in [0.5, 0.6) is 0 Å². The fourth-order valence-electron chi connectivity index (χ4n) is 1.94. The molecule has 2 nitrogen and oxygen atoms in total. The Labute approximate surface area is 97.5 Å². The molecule has 6 heteroatoms. The summed E-state index contributed by atoms with van der Waals surface area (Å²) >= 11 is 0. The summed E-state index contributed by atoms with van der Waals surface area (Å²) < 4.78 is 43.5. The van der Waals surface area contributed by atoms with Gasteiger partial charge in [0.25, 0.3) is 0 Å². The van der Waals surface area contributed by atoms with Crippen molar-refractivity contribution in [3.63, 3.8) is 0 Å². The van der Waals surface area contributed by atoms with Crippen LogP contribution < -0.4 is 5.46 Å². The summed E-state index contributed by atoms with van der Waals surface area (Å²) in [5.41, 5.74) is 0.147. The van der Waals surface area contributed by atoms with Gasteiger partial charge in [0.05, 0.1) is 12.2 Å². The SMILES string of the molecule is CC(C)c1cc2c(c(C(F)(F)F)c1)COB2O. The van der Waals surface area contributed by atoms with Crippen LogP contribution in [0.4, 0.5) is 13.2 Å². The highest BCUT2D eigenvalue weighted by molar-refractivity contribution is 6.61. The number of fused-ring (bicyclic) bond motifs is 1. The van der Waals surface area contributed by atoms with Gasteiger partial charge < -0.3 is 9.68 Å². The van der Waals surface area contributed by atoms with E-state index in [-0.39, 0.29) is 23.6 Å². The molecule has 2 rings (SSSR count). The van der Waals surface area contributed by atoms with Crippen LogP contribution in [-0.4, -0.2) is 12.1 Å². The highest BCUT2D eigenvalue weighted by Gasteiger charge is 2.39. The Morgan fingerprint density at radius 2 is 2.00 bits per heavy atom. The molecule has 0 spiro atoms. The van der Waals surface area contributed by atoms with E-state index in [2.05, 4.69) is 0 Å². The van der Waals surface area contributed by atoms with Gasteiger partial charge in [0.1, 0.15) is 0 Å². The predicted octanol–water partition coefficient (Wildman–Crippen LogP) is 2.05. The standard InChI is InChI=1S/C11H12BF3O2/c1-6(2)7-3-9(11(13,14)15)8-5-17-12(16)10(8)4-7/h3-4,6,16H,5H2,1-2H3. The van der Waals surface area contributed by atoms with Crippen LogP contribution in [0, 0.1) is 0 Å². The molecule has 1 aromatic carbocycles. The van der Waals surface area contributed by atoms with Crippen molar-refractivity contribution in [1.29, 1.82) is 0 Å². The van der Waals surface area contributed by atoms with Gasteiger partial charge in [-0.15, -0.1) is 0 Å². The van der Waals surface area contributed by atoms with Crippen molar-refractivity contribution in [2.75, 3.05) is 0 Å². The molecule has 1 aliphatic heterocycles. The number of alkyl halides is 3. The van der Waals surface area contributed by atoms with Gasteiger partial charge in [-0.05, 0) is 28.6 Å². The molecule has 92 valence electrons. The Hall–Kier alpha value is -1.01. The summed E-state index contributed by atoms with van der Waals surface area (Å²) in [6.45, 7) is 3.43. The molecule has 0 fully saturated rings. The molecule has 1 N–H and O–H groups in total. The Kier molecular flexibility index (Phi) is 2.95. The molecule has 0 bridgehead atoms. The molecular formula is C11H12BF3O2. The zero-order valence-corrected chi connectivity index (χ0v) is 9.51. The molecule has 0 radical (unpaired) electrons. The summed E-state index contributed by atoms with van der Waals surface area (Å²) in [5, 5.41) is 9.49. The van der Waals surface area contributed by atoms with Crippen LogP contribution in [0.15, 0.2) is 12.1 Å². The number of hydrogen-bond donors (Lipinski definition) is 1. The van der Waals surface area contributed by atoms with E-state index >= 15 is 0 Å². The van der Waals surface area contributed by atoms with Crippen molar-refractivity contribution in [2.45, 2.75) is 32.5 Å². The summed E-state index contributed by atoms with van der Waals surface area (Å²) in [6.07, 6.45) is -4.41. The Bertz CT molecular complexity index is 443. The molecule has 17 heavy (non-hydrogen) atoms. The van der Waals surface area contributed by atoms with Gasteiger partial charge in [0.15, 0.2) is 0 Å². The zero-order chi connectivity index (χ0) is 12.8. The van der Waals surface area contributed by atoms with Crippen molar-refractivity contribution in [1.82, 2.24) is 0 Å². The molecule has 0 saturated carbocycles. The van der Waals surface area contributed by atoms with E-state index in [0.29, 0.717) is 5.56 Å². The first-order valence-electron chi connectivity index (χ1n) is 5.34. The van der Waals surface area contributed by atoms with Gasteiger partial charge in [-0.1, -0.05) is 19.9 Å². The smallest absolute Gasteiger partial charge is 0.423 e. The molecule has 1 aromatic rings. The summed E-state index contributed by atoms with van der Waals surface area (Å²) in [5.74, 6) is -0.0331. The van der Waals surface area contributed by atoms with Gasteiger partial charge in [-0.3, -0.25) is 0 Å². The average Bonchev–Trinajstić information content (AvgIpc) is 2.58. The van der Waals surface area contributed by atoms with Gasteiger partial charge >= 0.3 is 13.3 Å². The second-order valence-electron chi connectivity index (χ2n) is 4.45. The number of halogens is 3. The van der Waals surface area contributed by atoms with Crippen LogP contribution in [0.1, 0.15) is 36.5 Å². The molecule has 0 amide bonds. The van der Waals surface area contributed by atoms with E-state index in [1.165, 1.54) is 0 Å². The number of rotatable bonds is 1. The molecule has 0 saturated heterocycles. The fraction of sp³-hybridized carbons (Fsp3) is 0.455. The minimum atomic E-state index is -4.41. The average molecular weight is 244 g/mol. The molecular weight excluding hydrogens is 232 g/mol. The molecule has 0 aliphatic carbocycles. The maximum absolute atomic E-state index is 12.9. The van der Waals surface area contributed by atoms with Crippen LogP contribution in [0.2, 0.25) is 0 Å². The molecule has 1 aliphatic rings. The van der Waals surface area contributed by atoms with Crippen LogP contribution in [0.3, 0.4) is 0 Å². The van der Waals surface area contributed by atoms with E-state index in [0.717, 1.165) is 6.07 Å². The first-order chi connectivity index (χ1) is 7.80. The minimum absolute atomic E-state index is 0.0331. The quantitative estimate of drug-likeness (QED) is 0.766. The van der Waals surface area contributed by atoms with Crippen molar-refractivity contribution in [3.05, 3.63) is 28.8 Å². The third-order valence-corrected chi connectivity index (χ3v) is 2.93. The maximum Gasteiger partial charge on any atom is 0.491 e. The van der Waals surface area contributed by atoms with Crippen LogP contribution in [-0.2, 0) is 17.4 Å². The molecule has 0 atom stereocenters. The summed E-state index contributed by atoms with van der Waals surface area (Å²) in [4.78, 5) is 0. The molecule has 0 unspecified atom stereocenters.